The van der Waals surface area contributed by atoms with E-state index in [1.165, 1.54) is 6.42 Å². The normalized spacial score (nSPS) is 18.6. The molecule has 20 heavy (non-hydrogen) atoms. The molecule has 106 valence electrons. The summed E-state index contributed by atoms with van der Waals surface area (Å²) in [5.41, 5.74) is 8.74. The van der Waals surface area contributed by atoms with Gasteiger partial charge in [-0.2, -0.15) is 0 Å². The van der Waals surface area contributed by atoms with Crippen molar-refractivity contribution >= 4 is 38.2 Å². The first-order chi connectivity index (χ1) is 9.74. The van der Waals surface area contributed by atoms with Gasteiger partial charge >= 0.3 is 0 Å². The van der Waals surface area contributed by atoms with E-state index in [0.29, 0.717) is 5.92 Å². The molecule has 1 aromatic carbocycles. The number of anilines is 2. The highest BCUT2D eigenvalue weighted by Crippen LogP contribution is 2.29. The van der Waals surface area contributed by atoms with Gasteiger partial charge in [-0.15, -0.1) is 0 Å². The molecule has 0 amide bonds. The maximum atomic E-state index is 6.02. The number of nitrogens with zero attached hydrogens (tertiary/aromatic N) is 1. The number of pyridine rings is 1. The van der Waals surface area contributed by atoms with Crippen molar-refractivity contribution in [1.29, 1.82) is 0 Å². The molecule has 0 spiro atoms. The molecule has 2 heterocycles. The predicted octanol–water partition coefficient (Wildman–Crippen LogP) is 3.42. The fourth-order valence-corrected chi connectivity index (χ4v) is 2.91. The van der Waals surface area contributed by atoms with Crippen molar-refractivity contribution in [3.8, 4) is 0 Å². The molecule has 0 saturated carbocycles. The zero-order chi connectivity index (χ0) is 13.9. The zero-order valence-corrected chi connectivity index (χ0v) is 12.8. The lowest BCUT2D eigenvalue weighted by molar-refractivity contribution is 0.185. The van der Waals surface area contributed by atoms with Gasteiger partial charge in [0, 0.05) is 41.5 Å². The van der Waals surface area contributed by atoms with Gasteiger partial charge in [-0.1, -0.05) is 0 Å². The SMILES string of the molecule is Nc1ccc(NCCC2CCOC2)c2ncc(Br)cc12. The van der Waals surface area contributed by atoms with Crippen LogP contribution in [0.4, 0.5) is 11.4 Å². The fraction of sp³-hybridized carbons (Fsp3) is 0.400. The Kier molecular flexibility index (Phi) is 4.08. The van der Waals surface area contributed by atoms with Crippen LogP contribution in [-0.4, -0.2) is 24.7 Å². The monoisotopic (exact) mass is 335 g/mol. The van der Waals surface area contributed by atoms with E-state index in [0.717, 1.165) is 52.9 Å². The first-order valence-corrected chi connectivity index (χ1v) is 7.68. The number of fused-ring (bicyclic) bond motifs is 1. The van der Waals surface area contributed by atoms with Crippen molar-refractivity contribution in [3.63, 3.8) is 0 Å². The smallest absolute Gasteiger partial charge is 0.0954 e. The molecular formula is C15H18BrN3O. The molecule has 4 nitrogen and oxygen atoms in total. The predicted molar refractivity (Wildman–Crippen MR) is 85.9 cm³/mol. The summed E-state index contributed by atoms with van der Waals surface area (Å²) in [5, 5.41) is 4.45. The average molecular weight is 336 g/mol. The summed E-state index contributed by atoms with van der Waals surface area (Å²) in [7, 11) is 0. The van der Waals surface area contributed by atoms with Gasteiger partial charge in [-0.25, -0.2) is 0 Å². The average Bonchev–Trinajstić information content (AvgIpc) is 2.95. The van der Waals surface area contributed by atoms with Crippen LogP contribution in [0, 0.1) is 5.92 Å². The van der Waals surface area contributed by atoms with E-state index < -0.39 is 0 Å². The van der Waals surface area contributed by atoms with Crippen molar-refractivity contribution in [2.45, 2.75) is 12.8 Å². The summed E-state index contributed by atoms with van der Waals surface area (Å²) in [5.74, 6) is 0.685. The first-order valence-electron chi connectivity index (χ1n) is 6.89. The molecular weight excluding hydrogens is 318 g/mol. The van der Waals surface area contributed by atoms with Crippen LogP contribution in [0.15, 0.2) is 28.9 Å². The molecule has 1 saturated heterocycles. The van der Waals surface area contributed by atoms with Crippen LogP contribution in [0.3, 0.4) is 0 Å². The summed E-state index contributed by atoms with van der Waals surface area (Å²) in [6.07, 6.45) is 4.11. The van der Waals surface area contributed by atoms with Crippen LogP contribution in [0.1, 0.15) is 12.8 Å². The van der Waals surface area contributed by atoms with Gasteiger partial charge in [0.1, 0.15) is 0 Å². The van der Waals surface area contributed by atoms with E-state index in [-0.39, 0.29) is 0 Å². The molecule has 1 aliphatic rings. The highest BCUT2D eigenvalue weighted by atomic mass is 79.9. The quantitative estimate of drug-likeness (QED) is 0.840. The van der Waals surface area contributed by atoms with Gasteiger partial charge in [0.05, 0.1) is 11.2 Å². The number of hydrogen-bond donors (Lipinski definition) is 2. The van der Waals surface area contributed by atoms with Gasteiger partial charge in [-0.05, 0) is 52.9 Å². The van der Waals surface area contributed by atoms with Crippen LogP contribution in [0.2, 0.25) is 0 Å². The molecule has 1 atom stereocenters. The minimum atomic E-state index is 0.685. The lowest BCUT2D eigenvalue weighted by Gasteiger charge is -2.12. The minimum absolute atomic E-state index is 0.685. The number of rotatable bonds is 4. The minimum Gasteiger partial charge on any atom is -0.398 e. The van der Waals surface area contributed by atoms with E-state index >= 15 is 0 Å². The third kappa shape index (κ3) is 2.88. The maximum Gasteiger partial charge on any atom is 0.0954 e. The molecule has 1 fully saturated rings. The Bertz CT molecular complexity index is 611. The second-order valence-corrected chi connectivity index (χ2v) is 6.11. The van der Waals surface area contributed by atoms with Crippen molar-refractivity contribution in [1.82, 2.24) is 4.98 Å². The van der Waals surface area contributed by atoms with Crippen molar-refractivity contribution < 1.29 is 4.74 Å². The molecule has 1 aliphatic heterocycles. The van der Waals surface area contributed by atoms with E-state index in [4.69, 9.17) is 10.5 Å². The summed E-state index contributed by atoms with van der Waals surface area (Å²) < 4.78 is 6.34. The molecule has 0 bridgehead atoms. The Morgan fingerprint density at radius 1 is 1.45 bits per heavy atom. The Labute approximate surface area is 126 Å². The topological polar surface area (TPSA) is 60.2 Å². The fourth-order valence-electron chi connectivity index (χ4n) is 2.58. The highest BCUT2D eigenvalue weighted by molar-refractivity contribution is 9.10. The molecule has 5 heteroatoms. The number of ether oxygens (including phenoxy) is 1. The van der Waals surface area contributed by atoms with Gasteiger partial charge in [-0.3, -0.25) is 4.98 Å². The Hall–Kier alpha value is -1.33. The standard InChI is InChI=1S/C15H18BrN3O/c16-11-7-12-13(17)1-2-14(15(12)19-8-11)18-5-3-10-4-6-20-9-10/h1-2,7-8,10,18H,3-6,9,17H2. The second-order valence-electron chi connectivity index (χ2n) is 5.20. The Morgan fingerprint density at radius 2 is 2.35 bits per heavy atom. The van der Waals surface area contributed by atoms with E-state index in [2.05, 4.69) is 26.2 Å². The van der Waals surface area contributed by atoms with Gasteiger partial charge in [0.2, 0.25) is 0 Å². The van der Waals surface area contributed by atoms with Crippen molar-refractivity contribution in [2.24, 2.45) is 5.92 Å². The zero-order valence-electron chi connectivity index (χ0n) is 11.2. The Morgan fingerprint density at radius 3 is 3.15 bits per heavy atom. The summed E-state index contributed by atoms with van der Waals surface area (Å²) in [4.78, 5) is 4.48. The highest BCUT2D eigenvalue weighted by Gasteiger charge is 2.15. The number of hydrogen-bond acceptors (Lipinski definition) is 4. The third-order valence-corrected chi connectivity index (χ3v) is 4.18. The summed E-state index contributed by atoms with van der Waals surface area (Å²) >= 11 is 3.44. The molecule has 3 rings (SSSR count). The lowest BCUT2D eigenvalue weighted by atomic mass is 10.1. The number of nitrogen functional groups attached to an aromatic ring is 1. The number of benzene rings is 1. The van der Waals surface area contributed by atoms with E-state index in [1.807, 2.05) is 18.2 Å². The van der Waals surface area contributed by atoms with Crippen LogP contribution >= 0.6 is 15.9 Å². The number of halogens is 1. The molecule has 0 radical (unpaired) electrons. The van der Waals surface area contributed by atoms with Crippen LogP contribution in [-0.2, 0) is 4.74 Å². The first kappa shape index (κ1) is 13.6. The number of nitrogens with two attached hydrogens (primary N) is 1. The van der Waals surface area contributed by atoms with E-state index in [9.17, 15) is 0 Å². The third-order valence-electron chi connectivity index (χ3n) is 3.74. The largest absolute Gasteiger partial charge is 0.398 e. The van der Waals surface area contributed by atoms with Gasteiger partial charge in [0.25, 0.3) is 0 Å². The maximum absolute atomic E-state index is 6.02. The van der Waals surface area contributed by atoms with Crippen molar-refractivity contribution in [3.05, 3.63) is 28.9 Å². The Balaban J connectivity index is 1.75. The summed E-state index contributed by atoms with van der Waals surface area (Å²) in [6.45, 7) is 2.74. The molecule has 1 aromatic heterocycles. The van der Waals surface area contributed by atoms with Crippen LogP contribution in [0.5, 0.6) is 0 Å². The van der Waals surface area contributed by atoms with Crippen LogP contribution < -0.4 is 11.1 Å². The molecule has 3 N–H and O–H groups in total. The number of aromatic nitrogens is 1. The molecule has 0 aliphatic carbocycles. The molecule has 2 aromatic rings. The molecule has 1 unspecified atom stereocenters. The van der Waals surface area contributed by atoms with Crippen molar-refractivity contribution in [2.75, 3.05) is 30.8 Å². The van der Waals surface area contributed by atoms with E-state index in [1.54, 1.807) is 6.20 Å². The van der Waals surface area contributed by atoms with Crippen LogP contribution in [0.25, 0.3) is 10.9 Å². The number of nitrogens with one attached hydrogen (secondary N) is 1. The van der Waals surface area contributed by atoms with Gasteiger partial charge in [0.15, 0.2) is 0 Å². The van der Waals surface area contributed by atoms with Gasteiger partial charge < -0.3 is 15.8 Å². The summed E-state index contributed by atoms with van der Waals surface area (Å²) in [6, 6.07) is 5.94. The lowest BCUT2D eigenvalue weighted by Crippen LogP contribution is -2.09. The second kappa shape index (κ2) is 5.97.